The summed E-state index contributed by atoms with van der Waals surface area (Å²) in [7, 11) is 3.19. The molecule has 1 aromatic heterocycles. The van der Waals surface area contributed by atoms with Gasteiger partial charge in [-0.3, -0.25) is 0 Å². The number of hydrogen-bond donors (Lipinski definition) is 1. The first-order valence-electron chi connectivity index (χ1n) is 7.74. The Hall–Kier alpha value is -2.58. The number of H-pyrrole nitrogens is 1. The second kappa shape index (κ2) is 8.20. The summed E-state index contributed by atoms with van der Waals surface area (Å²) in [6.45, 7) is 0. The van der Waals surface area contributed by atoms with Gasteiger partial charge in [-0.1, -0.05) is 12.1 Å². The molecule has 0 aliphatic rings. The van der Waals surface area contributed by atoms with Crippen LogP contribution in [-0.2, 0) is 0 Å². The van der Waals surface area contributed by atoms with Gasteiger partial charge in [-0.25, -0.2) is 5.10 Å². The van der Waals surface area contributed by atoms with E-state index >= 15 is 0 Å². The van der Waals surface area contributed by atoms with Gasteiger partial charge in [0.25, 0.3) is 0 Å². The van der Waals surface area contributed by atoms with Crippen LogP contribution in [0.2, 0.25) is 0 Å². The van der Waals surface area contributed by atoms with E-state index in [1.54, 1.807) is 36.9 Å². The number of aromatic nitrogens is 3. The summed E-state index contributed by atoms with van der Waals surface area (Å²) in [6, 6.07) is 13.7. The lowest BCUT2D eigenvalue weighted by molar-refractivity contribution is 0.355. The van der Waals surface area contributed by atoms with Crippen LogP contribution in [0.5, 0.6) is 11.5 Å². The van der Waals surface area contributed by atoms with Crippen LogP contribution in [0.15, 0.2) is 52.5 Å². The highest BCUT2D eigenvalue weighted by Crippen LogP contribution is 2.31. The van der Waals surface area contributed by atoms with Crippen molar-refractivity contribution >= 4 is 30.2 Å². The molecule has 2 aromatic carbocycles. The van der Waals surface area contributed by atoms with Crippen LogP contribution in [0.3, 0.4) is 0 Å². The first kappa shape index (κ1) is 18.2. The van der Waals surface area contributed by atoms with Gasteiger partial charge in [0.1, 0.15) is 0 Å². The first-order chi connectivity index (χ1) is 12.7. The lowest BCUT2D eigenvalue weighted by Gasteiger charge is -2.09. The standard InChI is InChI=1S/C18H18N4O2S2/c1-23-15-9-6-13(10-16(15)24-2)17-20-21-18(25)22(17)19-11-12-4-7-14(26-3)8-5-12/h4-11H,1-3H3,(H,21,25)/b19-11-. The van der Waals surface area contributed by atoms with Crippen molar-refractivity contribution in [2.75, 3.05) is 20.5 Å². The monoisotopic (exact) mass is 386 g/mol. The maximum absolute atomic E-state index is 5.36. The zero-order chi connectivity index (χ0) is 18.5. The second-order valence-electron chi connectivity index (χ2n) is 5.25. The summed E-state index contributed by atoms with van der Waals surface area (Å²) < 4.78 is 12.6. The molecule has 0 saturated carbocycles. The molecule has 0 aliphatic heterocycles. The third-order valence-electron chi connectivity index (χ3n) is 3.73. The lowest BCUT2D eigenvalue weighted by Crippen LogP contribution is -1.96. The van der Waals surface area contributed by atoms with Crippen LogP contribution in [0, 0.1) is 4.77 Å². The van der Waals surface area contributed by atoms with Crippen LogP contribution in [0.25, 0.3) is 11.4 Å². The number of rotatable bonds is 6. The Morgan fingerprint density at radius 1 is 1.12 bits per heavy atom. The lowest BCUT2D eigenvalue weighted by atomic mass is 10.2. The summed E-state index contributed by atoms with van der Waals surface area (Å²) in [6.07, 6.45) is 3.79. The van der Waals surface area contributed by atoms with Crippen molar-refractivity contribution in [3.63, 3.8) is 0 Å². The number of thioether (sulfide) groups is 1. The molecule has 1 N–H and O–H groups in total. The third kappa shape index (κ3) is 3.81. The molecule has 0 unspecified atom stereocenters. The van der Waals surface area contributed by atoms with Crippen LogP contribution in [0.4, 0.5) is 0 Å². The van der Waals surface area contributed by atoms with Crippen molar-refractivity contribution in [2.24, 2.45) is 5.10 Å². The summed E-state index contributed by atoms with van der Waals surface area (Å²) in [5.41, 5.74) is 1.79. The Morgan fingerprint density at radius 3 is 2.50 bits per heavy atom. The molecular formula is C18H18N4O2S2. The Balaban J connectivity index is 1.96. The molecule has 8 heteroatoms. The summed E-state index contributed by atoms with van der Waals surface area (Å²) >= 11 is 7.01. The topological polar surface area (TPSA) is 64.4 Å². The van der Waals surface area contributed by atoms with E-state index in [9.17, 15) is 0 Å². The fraction of sp³-hybridized carbons (Fsp3) is 0.167. The second-order valence-corrected chi connectivity index (χ2v) is 6.52. The number of nitrogens with zero attached hydrogens (tertiary/aromatic N) is 3. The zero-order valence-corrected chi connectivity index (χ0v) is 16.2. The number of aromatic amines is 1. The van der Waals surface area contributed by atoms with Gasteiger partial charge in [0.15, 0.2) is 17.3 Å². The van der Waals surface area contributed by atoms with Crippen LogP contribution >= 0.6 is 24.0 Å². The predicted molar refractivity (Wildman–Crippen MR) is 107 cm³/mol. The molecule has 26 heavy (non-hydrogen) atoms. The Bertz CT molecular complexity index is 978. The maximum atomic E-state index is 5.36. The smallest absolute Gasteiger partial charge is 0.216 e. The van der Waals surface area contributed by atoms with Crippen molar-refractivity contribution in [3.05, 3.63) is 52.8 Å². The van der Waals surface area contributed by atoms with E-state index < -0.39 is 0 Å². The maximum Gasteiger partial charge on any atom is 0.216 e. The molecule has 0 fully saturated rings. The van der Waals surface area contributed by atoms with Crippen LogP contribution in [0.1, 0.15) is 5.56 Å². The van der Waals surface area contributed by atoms with E-state index in [0.717, 1.165) is 11.1 Å². The molecule has 6 nitrogen and oxygen atoms in total. The molecular weight excluding hydrogens is 368 g/mol. The van der Waals surface area contributed by atoms with Crippen LogP contribution < -0.4 is 9.47 Å². The predicted octanol–water partition coefficient (Wildman–Crippen LogP) is 4.23. The van der Waals surface area contributed by atoms with E-state index in [2.05, 4.69) is 27.4 Å². The zero-order valence-electron chi connectivity index (χ0n) is 14.6. The van der Waals surface area contributed by atoms with E-state index in [1.807, 2.05) is 36.6 Å². The van der Waals surface area contributed by atoms with Gasteiger partial charge in [0.2, 0.25) is 4.77 Å². The molecule has 0 bridgehead atoms. The average molecular weight is 387 g/mol. The van der Waals surface area contributed by atoms with Gasteiger partial charge in [-0.2, -0.15) is 14.9 Å². The molecule has 0 atom stereocenters. The van der Waals surface area contributed by atoms with Gasteiger partial charge in [0, 0.05) is 10.5 Å². The fourth-order valence-corrected chi connectivity index (χ4v) is 2.96. The third-order valence-corrected chi connectivity index (χ3v) is 4.74. The van der Waals surface area contributed by atoms with Crippen molar-refractivity contribution in [1.29, 1.82) is 0 Å². The fourth-order valence-electron chi connectivity index (χ4n) is 2.38. The number of benzene rings is 2. The largest absolute Gasteiger partial charge is 0.493 e. The molecule has 3 rings (SSSR count). The van der Waals surface area contributed by atoms with E-state index in [4.69, 9.17) is 21.7 Å². The van der Waals surface area contributed by atoms with Gasteiger partial charge in [0.05, 0.1) is 20.4 Å². The van der Waals surface area contributed by atoms with E-state index in [0.29, 0.717) is 22.1 Å². The Labute approximate surface area is 160 Å². The van der Waals surface area contributed by atoms with E-state index in [1.165, 1.54) is 4.90 Å². The van der Waals surface area contributed by atoms with E-state index in [-0.39, 0.29) is 0 Å². The molecule has 1 heterocycles. The number of ether oxygens (including phenoxy) is 2. The molecule has 0 amide bonds. The normalized spacial score (nSPS) is 11.0. The minimum Gasteiger partial charge on any atom is -0.493 e. The SMILES string of the molecule is COc1ccc(-c2n[nH]c(=S)n2/N=C\c2ccc(SC)cc2)cc1OC. The molecule has 0 saturated heterocycles. The minimum absolute atomic E-state index is 0.409. The van der Waals surface area contributed by atoms with Crippen LogP contribution in [-0.4, -0.2) is 41.6 Å². The highest BCUT2D eigenvalue weighted by Gasteiger charge is 2.12. The average Bonchev–Trinajstić information content (AvgIpc) is 3.06. The van der Waals surface area contributed by atoms with Crippen molar-refractivity contribution in [1.82, 2.24) is 14.9 Å². The minimum atomic E-state index is 0.409. The van der Waals surface area contributed by atoms with Crippen molar-refractivity contribution in [3.8, 4) is 22.9 Å². The van der Waals surface area contributed by atoms with Gasteiger partial charge < -0.3 is 9.47 Å². The van der Waals surface area contributed by atoms with Crippen molar-refractivity contribution < 1.29 is 9.47 Å². The molecule has 134 valence electrons. The Morgan fingerprint density at radius 2 is 1.85 bits per heavy atom. The van der Waals surface area contributed by atoms with Gasteiger partial charge >= 0.3 is 0 Å². The summed E-state index contributed by atoms with van der Waals surface area (Å²) in [4.78, 5) is 1.20. The molecule has 3 aromatic rings. The number of nitrogens with one attached hydrogen (secondary N) is 1. The Kier molecular flexibility index (Phi) is 5.75. The highest BCUT2D eigenvalue weighted by molar-refractivity contribution is 7.98. The number of methoxy groups -OCH3 is 2. The summed E-state index contributed by atoms with van der Waals surface area (Å²) in [5, 5.41) is 11.6. The molecule has 0 aliphatic carbocycles. The number of hydrogen-bond acceptors (Lipinski definition) is 6. The molecule has 0 radical (unpaired) electrons. The summed E-state index contributed by atoms with van der Waals surface area (Å²) in [5.74, 6) is 1.85. The molecule has 0 spiro atoms. The van der Waals surface area contributed by atoms with Gasteiger partial charge in [-0.05, 0) is 54.4 Å². The van der Waals surface area contributed by atoms with Crippen molar-refractivity contribution in [2.45, 2.75) is 4.90 Å². The quantitative estimate of drug-likeness (QED) is 0.390. The highest BCUT2D eigenvalue weighted by atomic mass is 32.2. The van der Waals surface area contributed by atoms with Gasteiger partial charge in [-0.15, -0.1) is 11.8 Å². The first-order valence-corrected chi connectivity index (χ1v) is 9.37.